The van der Waals surface area contributed by atoms with Crippen molar-refractivity contribution in [2.45, 2.75) is 51.4 Å². The fourth-order valence-electron chi connectivity index (χ4n) is 0.781. The average Bonchev–Trinajstić information content (AvgIpc) is 2.01. The highest BCUT2D eigenvalue weighted by atomic mass is 28.4. The molecule has 0 aromatic rings. The molecule has 3 nitrogen and oxygen atoms in total. The maximum absolute atomic E-state index is 10.6. The molecule has 1 unspecified atom stereocenters. The molecule has 0 rings (SSSR count). The first-order valence-electron chi connectivity index (χ1n) is 4.81. The number of aldehydes is 2. The van der Waals surface area contributed by atoms with Crippen LogP contribution in [-0.2, 0) is 14.0 Å². The number of rotatable bonds is 5. The summed E-state index contributed by atoms with van der Waals surface area (Å²) >= 11 is 0. The van der Waals surface area contributed by atoms with Crippen molar-refractivity contribution >= 4 is 20.9 Å². The lowest BCUT2D eigenvalue weighted by Gasteiger charge is -2.37. The van der Waals surface area contributed by atoms with Crippen LogP contribution in [0.5, 0.6) is 0 Å². The second-order valence-corrected chi connectivity index (χ2v) is 9.71. The van der Waals surface area contributed by atoms with E-state index in [1.807, 2.05) is 0 Å². The molecule has 4 heteroatoms. The molecule has 1 atom stereocenters. The molecular weight excluding hydrogens is 196 g/mol. The van der Waals surface area contributed by atoms with E-state index in [1.165, 1.54) is 0 Å². The van der Waals surface area contributed by atoms with Crippen molar-refractivity contribution in [2.24, 2.45) is 0 Å². The summed E-state index contributed by atoms with van der Waals surface area (Å²) in [4.78, 5) is 20.9. The van der Waals surface area contributed by atoms with Crippen molar-refractivity contribution in [3.8, 4) is 0 Å². The standard InChI is InChI=1S/C10H20O3Si/c1-10(2,3)14(4,5)13-9(8-12)6-7-11/h7-9H,6H2,1-5H3. The third kappa shape index (κ3) is 3.72. The zero-order chi connectivity index (χ0) is 11.4. The van der Waals surface area contributed by atoms with Crippen molar-refractivity contribution in [1.29, 1.82) is 0 Å². The summed E-state index contributed by atoms with van der Waals surface area (Å²) < 4.78 is 5.73. The largest absolute Gasteiger partial charge is 0.407 e. The fraction of sp³-hybridized carbons (Fsp3) is 0.800. The van der Waals surface area contributed by atoms with Gasteiger partial charge in [0.25, 0.3) is 0 Å². The number of hydrogen-bond donors (Lipinski definition) is 0. The zero-order valence-electron chi connectivity index (χ0n) is 9.66. The van der Waals surface area contributed by atoms with Gasteiger partial charge in [-0.3, -0.25) is 0 Å². The van der Waals surface area contributed by atoms with Gasteiger partial charge in [0.05, 0.1) is 0 Å². The van der Waals surface area contributed by atoms with Crippen LogP contribution in [0.3, 0.4) is 0 Å². The maximum Gasteiger partial charge on any atom is 0.193 e. The fourth-order valence-corrected chi connectivity index (χ4v) is 2.04. The van der Waals surface area contributed by atoms with E-state index < -0.39 is 14.4 Å². The lowest BCUT2D eigenvalue weighted by atomic mass is 10.2. The molecule has 0 saturated carbocycles. The molecule has 0 N–H and O–H groups in total. The summed E-state index contributed by atoms with van der Waals surface area (Å²) in [7, 11) is -1.92. The SMILES string of the molecule is CC(C)(C)[Si](C)(C)OC(C=O)CC=O. The molecule has 0 heterocycles. The van der Waals surface area contributed by atoms with E-state index in [9.17, 15) is 9.59 Å². The van der Waals surface area contributed by atoms with Crippen LogP contribution < -0.4 is 0 Å². The van der Waals surface area contributed by atoms with Crippen molar-refractivity contribution in [1.82, 2.24) is 0 Å². The van der Waals surface area contributed by atoms with Gasteiger partial charge in [-0.2, -0.15) is 0 Å². The topological polar surface area (TPSA) is 43.4 Å². The predicted molar refractivity (Wildman–Crippen MR) is 58.8 cm³/mol. The Morgan fingerprint density at radius 3 is 2.07 bits per heavy atom. The van der Waals surface area contributed by atoms with E-state index >= 15 is 0 Å². The summed E-state index contributed by atoms with van der Waals surface area (Å²) in [6.45, 7) is 10.4. The van der Waals surface area contributed by atoms with E-state index in [2.05, 4.69) is 33.9 Å². The van der Waals surface area contributed by atoms with Gasteiger partial charge in [-0.15, -0.1) is 0 Å². The molecule has 0 radical (unpaired) electrons. The highest BCUT2D eigenvalue weighted by Gasteiger charge is 2.38. The Balaban J connectivity index is 4.46. The normalized spacial score (nSPS) is 14.9. The minimum Gasteiger partial charge on any atom is -0.407 e. The van der Waals surface area contributed by atoms with Gasteiger partial charge in [-0.25, -0.2) is 0 Å². The minimum absolute atomic E-state index is 0.0666. The van der Waals surface area contributed by atoms with E-state index in [0.717, 1.165) is 12.6 Å². The first-order valence-corrected chi connectivity index (χ1v) is 7.72. The van der Waals surface area contributed by atoms with Gasteiger partial charge in [-0.05, 0) is 18.1 Å². The summed E-state index contributed by atoms with van der Waals surface area (Å²) in [5.41, 5.74) is 0. The molecule has 0 amide bonds. The molecule has 14 heavy (non-hydrogen) atoms. The summed E-state index contributed by atoms with van der Waals surface area (Å²) in [6.07, 6.45) is 1.05. The molecule has 0 aliphatic rings. The van der Waals surface area contributed by atoms with Gasteiger partial charge < -0.3 is 14.0 Å². The van der Waals surface area contributed by atoms with E-state index in [0.29, 0.717) is 0 Å². The van der Waals surface area contributed by atoms with Crippen LogP contribution in [-0.4, -0.2) is 27.0 Å². The van der Waals surface area contributed by atoms with E-state index in [4.69, 9.17) is 4.43 Å². The number of carbonyl (C=O) groups excluding carboxylic acids is 2. The maximum atomic E-state index is 10.6. The Morgan fingerprint density at radius 2 is 1.79 bits per heavy atom. The zero-order valence-corrected chi connectivity index (χ0v) is 10.7. The monoisotopic (exact) mass is 216 g/mol. The quantitative estimate of drug-likeness (QED) is 0.522. The molecule has 0 aliphatic carbocycles. The van der Waals surface area contributed by atoms with Crippen molar-refractivity contribution in [3.05, 3.63) is 0 Å². The third-order valence-corrected chi connectivity index (χ3v) is 7.24. The lowest BCUT2D eigenvalue weighted by Crippen LogP contribution is -2.44. The first-order chi connectivity index (χ1) is 6.24. The molecule has 0 aromatic carbocycles. The summed E-state index contributed by atoms with van der Waals surface area (Å²) in [6, 6.07) is 0. The van der Waals surface area contributed by atoms with Crippen LogP contribution in [0.15, 0.2) is 0 Å². The first kappa shape index (κ1) is 13.5. The van der Waals surface area contributed by atoms with E-state index in [1.54, 1.807) is 0 Å². The van der Waals surface area contributed by atoms with Crippen molar-refractivity contribution in [3.63, 3.8) is 0 Å². The number of hydrogen-bond acceptors (Lipinski definition) is 3. The Morgan fingerprint density at radius 1 is 1.29 bits per heavy atom. The highest BCUT2D eigenvalue weighted by Crippen LogP contribution is 2.37. The lowest BCUT2D eigenvalue weighted by molar-refractivity contribution is -0.118. The second kappa shape index (κ2) is 4.84. The molecule has 0 aromatic heterocycles. The molecule has 0 spiro atoms. The van der Waals surface area contributed by atoms with Gasteiger partial charge in [0.15, 0.2) is 8.32 Å². The Kier molecular flexibility index (Phi) is 4.67. The molecule has 0 fully saturated rings. The van der Waals surface area contributed by atoms with Gasteiger partial charge in [0, 0.05) is 6.42 Å². The van der Waals surface area contributed by atoms with Crippen molar-refractivity contribution in [2.75, 3.05) is 0 Å². The Bertz CT molecular complexity index is 206. The third-order valence-electron chi connectivity index (χ3n) is 2.73. The average molecular weight is 216 g/mol. The van der Waals surface area contributed by atoms with Gasteiger partial charge in [0.2, 0.25) is 0 Å². The van der Waals surface area contributed by atoms with Crippen molar-refractivity contribution < 1.29 is 14.0 Å². The van der Waals surface area contributed by atoms with Gasteiger partial charge >= 0.3 is 0 Å². The molecular formula is C10H20O3Si. The van der Waals surface area contributed by atoms with Crippen LogP contribution in [0.25, 0.3) is 0 Å². The smallest absolute Gasteiger partial charge is 0.193 e. The molecule has 0 aliphatic heterocycles. The van der Waals surface area contributed by atoms with Crippen LogP contribution in [0.2, 0.25) is 18.1 Å². The number of carbonyl (C=O) groups is 2. The Labute approximate surface area is 87.0 Å². The van der Waals surface area contributed by atoms with Crippen LogP contribution >= 0.6 is 0 Å². The van der Waals surface area contributed by atoms with Gasteiger partial charge in [0.1, 0.15) is 18.7 Å². The van der Waals surface area contributed by atoms with Gasteiger partial charge in [-0.1, -0.05) is 20.8 Å². The molecule has 0 saturated heterocycles. The van der Waals surface area contributed by atoms with E-state index in [-0.39, 0.29) is 11.5 Å². The molecule has 0 bridgehead atoms. The highest BCUT2D eigenvalue weighted by molar-refractivity contribution is 6.74. The summed E-state index contributed by atoms with van der Waals surface area (Å²) in [5.74, 6) is 0. The predicted octanol–water partition coefficient (Wildman–Crippen LogP) is 2.16. The van der Waals surface area contributed by atoms with Crippen LogP contribution in [0.4, 0.5) is 0 Å². The second-order valence-electron chi connectivity index (χ2n) is 4.96. The molecule has 82 valence electrons. The minimum atomic E-state index is -1.92. The Hall–Kier alpha value is -0.483. The van der Waals surface area contributed by atoms with Crippen LogP contribution in [0, 0.1) is 0 Å². The van der Waals surface area contributed by atoms with Crippen LogP contribution in [0.1, 0.15) is 27.2 Å². The summed E-state index contributed by atoms with van der Waals surface area (Å²) in [5, 5.41) is 0.0666.